The Kier molecular flexibility index (Phi) is 5.20. The van der Waals surface area contributed by atoms with Gasteiger partial charge in [0.2, 0.25) is 0 Å². The molecule has 0 radical (unpaired) electrons. The van der Waals surface area contributed by atoms with Gasteiger partial charge in [0.25, 0.3) is 0 Å². The van der Waals surface area contributed by atoms with Crippen LogP contribution in [-0.4, -0.2) is 50.5 Å². The zero-order valence-electron chi connectivity index (χ0n) is 21.0. The van der Waals surface area contributed by atoms with Crippen LogP contribution in [0.4, 0.5) is 0 Å². The van der Waals surface area contributed by atoms with Crippen LogP contribution in [0.2, 0.25) is 0 Å². The highest BCUT2D eigenvalue weighted by atomic mass is 16.6. The second kappa shape index (κ2) is 7.37. The Hall–Kier alpha value is -1.76. The van der Waals surface area contributed by atoms with E-state index in [0.717, 1.165) is 29.6 Å². The lowest BCUT2D eigenvalue weighted by molar-refractivity contribution is -0.239. The first kappa shape index (κ1) is 24.0. The first-order chi connectivity index (χ1) is 15.8. The van der Waals surface area contributed by atoms with Crippen LogP contribution in [0, 0.1) is 22.7 Å². The van der Waals surface area contributed by atoms with Gasteiger partial charge in [0.05, 0.1) is 11.5 Å². The molecular weight excluding hydrogens is 432 g/mol. The molecule has 186 valence electrons. The van der Waals surface area contributed by atoms with Crippen LogP contribution < -0.4 is 0 Å². The van der Waals surface area contributed by atoms with Crippen molar-refractivity contribution in [2.75, 3.05) is 0 Å². The van der Waals surface area contributed by atoms with Crippen molar-refractivity contribution < 1.29 is 29.6 Å². The first-order valence-electron chi connectivity index (χ1n) is 12.7. The van der Waals surface area contributed by atoms with Gasteiger partial charge in [-0.05, 0) is 71.6 Å². The van der Waals surface area contributed by atoms with E-state index in [1.807, 2.05) is 20.8 Å². The molecule has 6 heteroatoms. The predicted octanol–water partition coefficient (Wildman–Crippen LogP) is 3.54. The predicted molar refractivity (Wildman–Crippen MR) is 127 cm³/mol. The maximum atomic E-state index is 13.2. The van der Waals surface area contributed by atoms with Gasteiger partial charge in [0.1, 0.15) is 23.1 Å². The van der Waals surface area contributed by atoms with Crippen molar-refractivity contribution in [3.8, 4) is 0 Å². The Morgan fingerprint density at radius 1 is 1.12 bits per heavy atom. The summed E-state index contributed by atoms with van der Waals surface area (Å²) in [7, 11) is 0. The van der Waals surface area contributed by atoms with E-state index in [-0.39, 0.29) is 30.5 Å². The summed E-state index contributed by atoms with van der Waals surface area (Å²) in [6.45, 7) is 9.29. The van der Waals surface area contributed by atoms with E-state index in [2.05, 4.69) is 12.2 Å². The van der Waals surface area contributed by atoms with E-state index in [1.165, 1.54) is 0 Å². The van der Waals surface area contributed by atoms with Crippen molar-refractivity contribution in [1.82, 2.24) is 0 Å². The van der Waals surface area contributed by atoms with Gasteiger partial charge in [-0.25, -0.2) is 4.79 Å². The normalized spacial score (nSPS) is 46.0. The highest BCUT2D eigenvalue weighted by molar-refractivity contribution is 5.90. The van der Waals surface area contributed by atoms with Gasteiger partial charge in [-0.1, -0.05) is 35.8 Å². The van der Waals surface area contributed by atoms with Crippen molar-refractivity contribution in [1.29, 1.82) is 0 Å². The van der Waals surface area contributed by atoms with Gasteiger partial charge >= 0.3 is 5.97 Å². The summed E-state index contributed by atoms with van der Waals surface area (Å²) in [6.07, 6.45) is 6.40. The Balaban J connectivity index is 1.49. The lowest BCUT2D eigenvalue weighted by Gasteiger charge is -2.59. The van der Waals surface area contributed by atoms with E-state index in [1.54, 1.807) is 13.8 Å². The number of esters is 1. The van der Waals surface area contributed by atoms with E-state index in [0.29, 0.717) is 24.8 Å². The molecule has 5 rings (SSSR count). The SMILES string of the molecule is CC1=C(C)C(=O)OC(C(C)(O)C2(O)CC=C3C4CC=C5CC(O)CC(=O)C5(C)C4CCC32C)C1. The molecule has 0 aromatic rings. The van der Waals surface area contributed by atoms with Crippen molar-refractivity contribution in [3.63, 3.8) is 0 Å². The highest BCUT2D eigenvalue weighted by Gasteiger charge is 2.68. The molecule has 5 aliphatic rings. The van der Waals surface area contributed by atoms with Crippen molar-refractivity contribution in [3.05, 3.63) is 34.4 Å². The van der Waals surface area contributed by atoms with Crippen molar-refractivity contribution >= 4 is 11.8 Å². The van der Waals surface area contributed by atoms with Crippen LogP contribution in [0.3, 0.4) is 0 Å². The number of fused-ring (bicyclic) bond motifs is 5. The summed E-state index contributed by atoms with van der Waals surface area (Å²) in [5.74, 6) is -0.0919. The number of allylic oxidation sites excluding steroid dienone is 1. The molecule has 0 bridgehead atoms. The minimum absolute atomic E-state index is 0.106. The number of ether oxygens (including phenoxy) is 1. The third kappa shape index (κ3) is 2.85. The smallest absolute Gasteiger partial charge is 0.334 e. The molecule has 34 heavy (non-hydrogen) atoms. The molecular formula is C28H38O6. The van der Waals surface area contributed by atoms with Crippen molar-refractivity contribution in [2.45, 2.75) is 103 Å². The fourth-order valence-corrected chi connectivity index (χ4v) is 8.07. The number of hydrogen-bond acceptors (Lipinski definition) is 6. The largest absolute Gasteiger partial charge is 0.455 e. The maximum absolute atomic E-state index is 13.2. The number of hydrogen-bond donors (Lipinski definition) is 3. The van der Waals surface area contributed by atoms with Gasteiger partial charge < -0.3 is 20.1 Å². The van der Waals surface area contributed by atoms with Gasteiger partial charge in [-0.3, -0.25) is 4.79 Å². The van der Waals surface area contributed by atoms with Crippen LogP contribution >= 0.6 is 0 Å². The van der Waals surface area contributed by atoms with Crippen LogP contribution in [-0.2, 0) is 14.3 Å². The molecule has 6 nitrogen and oxygen atoms in total. The lowest BCUT2D eigenvalue weighted by Crippen LogP contribution is -2.67. The molecule has 0 aromatic heterocycles. The van der Waals surface area contributed by atoms with Crippen LogP contribution in [0.5, 0.6) is 0 Å². The number of aliphatic hydroxyl groups is 3. The fourth-order valence-electron chi connectivity index (χ4n) is 8.07. The molecule has 4 aliphatic carbocycles. The van der Waals surface area contributed by atoms with E-state index < -0.39 is 40.2 Å². The van der Waals surface area contributed by atoms with Gasteiger partial charge in [-0.15, -0.1) is 0 Å². The molecule has 8 unspecified atom stereocenters. The quantitative estimate of drug-likeness (QED) is 0.421. The third-order valence-electron chi connectivity index (χ3n) is 10.6. The summed E-state index contributed by atoms with van der Waals surface area (Å²) < 4.78 is 5.65. The number of ketones is 1. The highest BCUT2D eigenvalue weighted by Crippen LogP contribution is 2.66. The van der Waals surface area contributed by atoms with Crippen LogP contribution in [0.15, 0.2) is 34.4 Å². The van der Waals surface area contributed by atoms with Crippen molar-refractivity contribution in [2.24, 2.45) is 22.7 Å². The second-order valence-corrected chi connectivity index (χ2v) is 12.1. The minimum Gasteiger partial charge on any atom is -0.455 e. The molecule has 8 atom stereocenters. The number of cyclic esters (lactones) is 1. The number of carbonyl (C=O) groups excluding carboxylic acids is 2. The Bertz CT molecular complexity index is 1050. The number of aliphatic hydroxyl groups excluding tert-OH is 1. The minimum atomic E-state index is -1.64. The molecule has 2 fully saturated rings. The Morgan fingerprint density at radius 2 is 1.82 bits per heavy atom. The average molecular weight is 471 g/mol. The summed E-state index contributed by atoms with van der Waals surface area (Å²) in [4.78, 5) is 25.6. The van der Waals surface area contributed by atoms with Crippen LogP contribution in [0.1, 0.15) is 79.6 Å². The maximum Gasteiger partial charge on any atom is 0.334 e. The molecule has 0 amide bonds. The topological polar surface area (TPSA) is 104 Å². The Morgan fingerprint density at radius 3 is 2.50 bits per heavy atom. The van der Waals surface area contributed by atoms with E-state index in [9.17, 15) is 24.9 Å². The number of carbonyl (C=O) groups is 2. The van der Waals surface area contributed by atoms with E-state index in [4.69, 9.17) is 4.74 Å². The first-order valence-corrected chi connectivity index (χ1v) is 12.7. The second-order valence-electron chi connectivity index (χ2n) is 12.1. The number of Topliss-reactive ketones (excluding diaryl/α,β-unsaturated/α-hetero) is 1. The van der Waals surface area contributed by atoms with Gasteiger partial charge in [0.15, 0.2) is 0 Å². The standard InChI is InChI=1S/C28H38O6/c1-15-12-23(34-24(31)16(15)2)27(5,32)28(33)11-9-20-19-7-6-17-13-18(29)14-22(30)26(17,4)21(19)8-10-25(20,28)3/h6,9,18-19,21,23,29,32-33H,7-8,10-14H2,1-5H3. The zero-order valence-corrected chi connectivity index (χ0v) is 21.0. The van der Waals surface area contributed by atoms with Gasteiger partial charge in [0, 0.05) is 23.8 Å². The average Bonchev–Trinajstić information content (AvgIpc) is 3.05. The molecule has 1 aliphatic heterocycles. The molecule has 0 aromatic carbocycles. The fraction of sp³-hybridized carbons (Fsp3) is 0.714. The molecule has 1 heterocycles. The Labute approximate surface area is 201 Å². The third-order valence-corrected chi connectivity index (χ3v) is 10.6. The monoisotopic (exact) mass is 470 g/mol. The summed E-state index contributed by atoms with van der Waals surface area (Å²) >= 11 is 0. The van der Waals surface area contributed by atoms with Gasteiger partial charge in [-0.2, -0.15) is 0 Å². The molecule has 2 saturated carbocycles. The van der Waals surface area contributed by atoms with Crippen LogP contribution in [0.25, 0.3) is 0 Å². The number of rotatable bonds is 2. The summed E-state index contributed by atoms with van der Waals surface area (Å²) in [6, 6.07) is 0. The summed E-state index contributed by atoms with van der Waals surface area (Å²) in [5.41, 5.74) is -0.777. The summed E-state index contributed by atoms with van der Waals surface area (Å²) in [5, 5.41) is 34.2. The van der Waals surface area contributed by atoms with E-state index >= 15 is 0 Å². The zero-order chi connectivity index (χ0) is 24.8. The lowest BCUT2D eigenvalue weighted by atomic mass is 9.47. The molecule has 0 spiro atoms. The molecule has 0 saturated heterocycles. The molecule has 3 N–H and O–H groups in total.